The van der Waals surface area contributed by atoms with Gasteiger partial charge in [0.05, 0.1) is 0 Å². The van der Waals surface area contributed by atoms with Gasteiger partial charge in [0.15, 0.2) is 0 Å². The van der Waals surface area contributed by atoms with Gasteiger partial charge < -0.3 is 4.42 Å². The first-order chi connectivity index (χ1) is 10.4. The molecule has 0 amide bonds. The molecule has 0 unspecified atom stereocenters. The third kappa shape index (κ3) is 2.21. The van der Waals surface area contributed by atoms with Crippen LogP contribution in [0.25, 0.3) is 33.4 Å². The predicted octanol–water partition coefficient (Wildman–Crippen LogP) is 5.16. The molecule has 0 aliphatic heterocycles. The summed E-state index contributed by atoms with van der Waals surface area (Å²) < 4.78 is 5.93. The van der Waals surface area contributed by atoms with E-state index in [9.17, 15) is 0 Å². The normalized spacial score (nSPS) is 10.9. The summed E-state index contributed by atoms with van der Waals surface area (Å²) in [6.45, 7) is 0. The van der Waals surface area contributed by atoms with Crippen molar-refractivity contribution in [2.45, 2.75) is 0 Å². The Kier molecular flexibility index (Phi) is 2.79. The van der Waals surface area contributed by atoms with Gasteiger partial charge in [-0.15, -0.1) is 0 Å². The highest BCUT2D eigenvalue weighted by atomic mass is 16.3. The number of pyridine rings is 1. The number of rotatable bonds is 2. The summed E-state index contributed by atoms with van der Waals surface area (Å²) in [7, 11) is 0. The average molecular weight is 271 g/mol. The van der Waals surface area contributed by atoms with Crippen LogP contribution in [0.5, 0.6) is 0 Å². The maximum absolute atomic E-state index is 5.93. The molecule has 4 aromatic rings. The van der Waals surface area contributed by atoms with E-state index in [0.717, 1.165) is 33.4 Å². The Morgan fingerprint density at radius 3 is 2.38 bits per heavy atom. The van der Waals surface area contributed by atoms with Gasteiger partial charge in [0, 0.05) is 28.9 Å². The lowest BCUT2D eigenvalue weighted by Gasteiger charge is -1.99. The van der Waals surface area contributed by atoms with E-state index in [-0.39, 0.29) is 0 Å². The zero-order valence-electron chi connectivity index (χ0n) is 11.4. The van der Waals surface area contributed by atoms with Crippen molar-refractivity contribution in [1.29, 1.82) is 0 Å². The van der Waals surface area contributed by atoms with E-state index in [2.05, 4.69) is 41.4 Å². The quantitative estimate of drug-likeness (QED) is 0.503. The zero-order chi connectivity index (χ0) is 14.1. The number of furan rings is 1. The monoisotopic (exact) mass is 271 g/mol. The minimum atomic E-state index is 0.897. The van der Waals surface area contributed by atoms with Crippen LogP contribution in [0.2, 0.25) is 0 Å². The molecule has 2 heterocycles. The summed E-state index contributed by atoms with van der Waals surface area (Å²) >= 11 is 0. The van der Waals surface area contributed by atoms with Crippen LogP contribution < -0.4 is 0 Å². The lowest BCUT2D eigenvalue weighted by atomic mass is 10.1. The molecular weight excluding hydrogens is 258 g/mol. The molecule has 0 fully saturated rings. The molecule has 0 radical (unpaired) electrons. The van der Waals surface area contributed by atoms with Crippen molar-refractivity contribution >= 4 is 11.0 Å². The van der Waals surface area contributed by atoms with Crippen LogP contribution in [0.3, 0.4) is 0 Å². The molecule has 0 aliphatic rings. The molecule has 0 aliphatic carbocycles. The number of hydrogen-bond acceptors (Lipinski definition) is 2. The van der Waals surface area contributed by atoms with E-state index >= 15 is 0 Å². The van der Waals surface area contributed by atoms with Crippen molar-refractivity contribution in [2.75, 3.05) is 0 Å². The van der Waals surface area contributed by atoms with Crippen molar-refractivity contribution in [3.05, 3.63) is 79.1 Å². The highest BCUT2D eigenvalue weighted by Gasteiger charge is 2.07. The van der Waals surface area contributed by atoms with Crippen LogP contribution in [0, 0.1) is 0 Å². The predicted molar refractivity (Wildman–Crippen MR) is 84.9 cm³/mol. The molecule has 0 atom stereocenters. The first-order valence-corrected chi connectivity index (χ1v) is 6.89. The van der Waals surface area contributed by atoms with Gasteiger partial charge in [0.1, 0.15) is 11.3 Å². The molecule has 0 N–H and O–H groups in total. The Bertz CT molecular complexity index is 842. The van der Waals surface area contributed by atoms with Crippen LogP contribution >= 0.6 is 0 Å². The van der Waals surface area contributed by atoms with E-state index < -0.39 is 0 Å². The van der Waals surface area contributed by atoms with E-state index in [0.29, 0.717) is 0 Å². The summed E-state index contributed by atoms with van der Waals surface area (Å²) in [5.74, 6) is 0.897. The largest absolute Gasteiger partial charge is 0.456 e. The molecule has 4 rings (SSSR count). The second kappa shape index (κ2) is 4.91. The maximum Gasteiger partial charge on any atom is 0.135 e. The van der Waals surface area contributed by atoms with E-state index in [4.69, 9.17) is 4.42 Å². The second-order valence-corrected chi connectivity index (χ2v) is 4.97. The highest BCUT2D eigenvalue weighted by Crippen LogP contribution is 2.30. The van der Waals surface area contributed by atoms with E-state index in [1.165, 1.54) is 0 Å². The number of aromatic nitrogens is 1. The highest BCUT2D eigenvalue weighted by molar-refractivity contribution is 5.87. The molecular formula is C19H13NO. The number of hydrogen-bond donors (Lipinski definition) is 0. The lowest BCUT2D eigenvalue weighted by Crippen LogP contribution is -1.78. The number of benzene rings is 2. The minimum Gasteiger partial charge on any atom is -0.456 e. The van der Waals surface area contributed by atoms with Crippen LogP contribution in [0.1, 0.15) is 0 Å². The Balaban J connectivity index is 1.82. The van der Waals surface area contributed by atoms with Gasteiger partial charge >= 0.3 is 0 Å². The van der Waals surface area contributed by atoms with Crippen molar-refractivity contribution in [2.24, 2.45) is 0 Å². The fraction of sp³-hybridized carbons (Fsp3) is 0. The van der Waals surface area contributed by atoms with Gasteiger partial charge in [-0.05, 0) is 29.8 Å². The standard InChI is InChI=1S/C19H13NO/c1-2-5-14(6-3-1)19-12-17-11-15(8-9-18(17)21-19)16-7-4-10-20-13-16/h1-13H. The molecule has 0 saturated carbocycles. The van der Waals surface area contributed by atoms with Crippen LogP contribution in [-0.4, -0.2) is 4.98 Å². The van der Waals surface area contributed by atoms with Crippen molar-refractivity contribution in [3.8, 4) is 22.5 Å². The van der Waals surface area contributed by atoms with Crippen molar-refractivity contribution in [1.82, 2.24) is 4.98 Å². The van der Waals surface area contributed by atoms with Crippen molar-refractivity contribution < 1.29 is 4.42 Å². The summed E-state index contributed by atoms with van der Waals surface area (Å²) in [4.78, 5) is 4.17. The molecule has 21 heavy (non-hydrogen) atoms. The summed E-state index contributed by atoms with van der Waals surface area (Å²) in [5.41, 5.74) is 4.26. The molecule has 2 heteroatoms. The van der Waals surface area contributed by atoms with Gasteiger partial charge in [0.2, 0.25) is 0 Å². The SMILES string of the molecule is c1ccc(-c2cc3cc(-c4cccnc4)ccc3o2)cc1. The molecule has 0 spiro atoms. The number of nitrogens with zero attached hydrogens (tertiary/aromatic N) is 1. The first kappa shape index (κ1) is 11.9. The summed E-state index contributed by atoms with van der Waals surface area (Å²) in [6, 6.07) is 22.5. The second-order valence-electron chi connectivity index (χ2n) is 4.97. The third-order valence-electron chi connectivity index (χ3n) is 3.57. The van der Waals surface area contributed by atoms with Crippen LogP contribution in [-0.2, 0) is 0 Å². The molecule has 2 aromatic carbocycles. The van der Waals surface area contributed by atoms with Gasteiger partial charge in [0.25, 0.3) is 0 Å². The van der Waals surface area contributed by atoms with Crippen LogP contribution in [0.15, 0.2) is 83.5 Å². The molecule has 0 bridgehead atoms. The van der Waals surface area contributed by atoms with Crippen molar-refractivity contribution in [3.63, 3.8) is 0 Å². The zero-order valence-corrected chi connectivity index (χ0v) is 11.4. The minimum absolute atomic E-state index is 0.897. The lowest BCUT2D eigenvalue weighted by molar-refractivity contribution is 0.631. The van der Waals surface area contributed by atoms with Crippen LogP contribution in [0.4, 0.5) is 0 Å². The Labute approximate surface area is 122 Å². The Hall–Kier alpha value is -2.87. The smallest absolute Gasteiger partial charge is 0.135 e. The van der Waals surface area contributed by atoms with E-state index in [1.54, 1.807) is 6.20 Å². The third-order valence-corrected chi connectivity index (χ3v) is 3.57. The number of fused-ring (bicyclic) bond motifs is 1. The molecule has 2 aromatic heterocycles. The van der Waals surface area contributed by atoms with Gasteiger partial charge in [-0.3, -0.25) is 4.98 Å². The molecule has 2 nitrogen and oxygen atoms in total. The topological polar surface area (TPSA) is 26.0 Å². The maximum atomic E-state index is 5.93. The van der Waals surface area contributed by atoms with E-state index in [1.807, 2.05) is 36.5 Å². The van der Waals surface area contributed by atoms with Gasteiger partial charge in [-0.1, -0.05) is 42.5 Å². The summed E-state index contributed by atoms with van der Waals surface area (Å²) in [6.07, 6.45) is 3.66. The Morgan fingerprint density at radius 1 is 0.714 bits per heavy atom. The van der Waals surface area contributed by atoms with Gasteiger partial charge in [-0.25, -0.2) is 0 Å². The molecule has 100 valence electrons. The van der Waals surface area contributed by atoms with Gasteiger partial charge in [-0.2, -0.15) is 0 Å². The fourth-order valence-corrected chi connectivity index (χ4v) is 2.50. The average Bonchev–Trinajstić information content (AvgIpc) is 2.99. The Morgan fingerprint density at radius 2 is 1.57 bits per heavy atom. The fourth-order valence-electron chi connectivity index (χ4n) is 2.50. The first-order valence-electron chi connectivity index (χ1n) is 6.89. The molecule has 0 saturated heterocycles. The summed E-state index contributed by atoms with van der Waals surface area (Å²) in [5, 5.41) is 1.11.